The Morgan fingerprint density at radius 3 is 2.20 bits per heavy atom. The Morgan fingerprint density at radius 2 is 1.70 bits per heavy atom. The normalized spacial score (nSPS) is 31.6. The molecule has 0 spiro atoms. The number of nitrogens with zero attached hydrogens (tertiary/aromatic N) is 3. The Morgan fingerprint density at radius 1 is 1.05 bits per heavy atom. The number of likely N-dealkylation sites (tertiary alicyclic amines) is 1. The summed E-state index contributed by atoms with van der Waals surface area (Å²) in [6, 6.07) is 0.778. The molecule has 1 N–H and O–H groups in total. The minimum Gasteiger partial charge on any atom is -0.481 e. The third-order valence-corrected chi connectivity index (χ3v) is 4.91. The van der Waals surface area contributed by atoms with Crippen molar-refractivity contribution in [1.82, 2.24) is 14.7 Å². The lowest BCUT2D eigenvalue weighted by Gasteiger charge is -2.37. The van der Waals surface area contributed by atoms with Gasteiger partial charge in [0, 0.05) is 45.3 Å². The summed E-state index contributed by atoms with van der Waals surface area (Å²) in [5, 5.41) is 9.23. The summed E-state index contributed by atoms with van der Waals surface area (Å²) in [4.78, 5) is 29.7. The van der Waals surface area contributed by atoms with Crippen molar-refractivity contribution in [3.63, 3.8) is 0 Å². The number of urea groups is 1. The van der Waals surface area contributed by atoms with Gasteiger partial charge < -0.3 is 14.9 Å². The van der Waals surface area contributed by atoms with Crippen LogP contribution in [0, 0.1) is 5.41 Å². The van der Waals surface area contributed by atoms with Gasteiger partial charge in [-0.25, -0.2) is 4.79 Å². The first kappa shape index (κ1) is 13.7. The van der Waals surface area contributed by atoms with E-state index in [2.05, 4.69) is 4.90 Å². The van der Waals surface area contributed by atoms with E-state index in [1.165, 1.54) is 12.8 Å². The summed E-state index contributed by atoms with van der Waals surface area (Å²) >= 11 is 0. The van der Waals surface area contributed by atoms with Crippen LogP contribution in [0.2, 0.25) is 0 Å². The van der Waals surface area contributed by atoms with Crippen LogP contribution >= 0.6 is 0 Å². The zero-order valence-electron chi connectivity index (χ0n) is 12.0. The molecule has 1 unspecified atom stereocenters. The van der Waals surface area contributed by atoms with Crippen LogP contribution in [0.15, 0.2) is 0 Å². The monoisotopic (exact) mass is 281 g/mol. The highest BCUT2D eigenvalue weighted by Gasteiger charge is 2.43. The summed E-state index contributed by atoms with van der Waals surface area (Å²) < 4.78 is 0. The molecule has 2 amide bonds. The summed E-state index contributed by atoms with van der Waals surface area (Å²) in [5.74, 6) is -0.800. The lowest BCUT2D eigenvalue weighted by Crippen LogP contribution is -2.53. The van der Waals surface area contributed by atoms with E-state index >= 15 is 0 Å². The smallest absolute Gasteiger partial charge is 0.320 e. The molecule has 1 aliphatic carbocycles. The Balaban J connectivity index is 1.53. The number of hydrogen-bond acceptors (Lipinski definition) is 3. The standard InChI is InChI=1S/C14H23N3O3/c1-14(12(18)19)4-5-17(10-14)13(20)16-8-6-15(7-9-16)11-2-3-11/h11H,2-10H2,1H3,(H,18,19). The molecule has 20 heavy (non-hydrogen) atoms. The maximum absolute atomic E-state index is 12.4. The molecule has 2 aliphatic heterocycles. The number of carboxylic acids is 1. The van der Waals surface area contributed by atoms with Crippen molar-refractivity contribution in [1.29, 1.82) is 0 Å². The van der Waals surface area contributed by atoms with Gasteiger partial charge in [-0.05, 0) is 26.2 Å². The van der Waals surface area contributed by atoms with Gasteiger partial charge in [-0.3, -0.25) is 9.69 Å². The van der Waals surface area contributed by atoms with Crippen molar-refractivity contribution < 1.29 is 14.7 Å². The molecular formula is C14H23N3O3. The molecule has 0 aromatic carbocycles. The number of carbonyl (C=O) groups excluding carboxylic acids is 1. The van der Waals surface area contributed by atoms with E-state index in [0.29, 0.717) is 19.5 Å². The van der Waals surface area contributed by atoms with Crippen LogP contribution in [0.5, 0.6) is 0 Å². The first-order valence-electron chi connectivity index (χ1n) is 7.51. The molecule has 3 aliphatic rings. The quantitative estimate of drug-likeness (QED) is 0.808. The van der Waals surface area contributed by atoms with Crippen LogP contribution in [0.3, 0.4) is 0 Å². The predicted molar refractivity (Wildman–Crippen MR) is 73.5 cm³/mol. The van der Waals surface area contributed by atoms with Crippen molar-refractivity contribution in [2.24, 2.45) is 5.41 Å². The Hall–Kier alpha value is -1.30. The fourth-order valence-corrected chi connectivity index (χ4v) is 3.22. The van der Waals surface area contributed by atoms with E-state index in [1.807, 2.05) is 4.90 Å². The van der Waals surface area contributed by atoms with Gasteiger partial charge in [0.05, 0.1) is 5.41 Å². The number of piperazine rings is 1. The van der Waals surface area contributed by atoms with E-state index in [-0.39, 0.29) is 6.03 Å². The van der Waals surface area contributed by atoms with Gasteiger partial charge in [0.25, 0.3) is 0 Å². The van der Waals surface area contributed by atoms with Gasteiger partial charge in [0.1, 0.15) is 0 Å². The third-order valence-electron chi connectivity index (χ3n) is 4.91. The largest absolute Gasteiger partial charge is 0.481 e. The van der Waals surface area contributed by atoms with Crippen LogP contribution in [0.4, 0.5) is 4.79 Å². The molecule has 0 bridgehead atoms. The zero-order chi connectivity index (χ0) is 14.3. The van der Waals surface area contributed by atoms with E-state index in [0.717, 1.165) is 32.2 Å². The average molecular weight is 281 g/mol. The molecule has 0 aromatic heterocycles. The molecule has 2 heterocycles. The van der Waals surface area contributed by atoms with Crippen LogP contribution in [0.25, 0.3) is 0 Å². The fraction of sp³-hybridized carbons (Fsp3) is 0.857. The molecule has 1 atom stereocenters. The molecule has 3 fully saturated rings. The molecule has 1 saturated carbocycles. The zero-order valence-corrected chi connectivity index (χ0v) is 12.0. The van der Waals surface area contributed by atoms with Gasteiger partial charge in [0.15, 0.2) is 0 Å². The molecule has 2 saturated heterocycles. The van der Waals surface area contributed by atoms with E-state index in [4.69, 9.17) is 0 Å². The topological polar surface area (TPSA) is 64.1 Å². The van der Waals surface area contributed by atoms with Crippen molar-refractivity contribution >= 4 is 12.0 Å². The van der Waals surface area contributed by atoms with Crippen LogP contribution in [-0.2, 0) is 4.79 Å². The van der Waals surface area contributed by atoms with E-state index in [9.17, 15) is 14.7 Å². The highest BCUT2D eigenvalue weighted by atomic mass is 16.4. The van der Waals surface area contributed by atoms with Crippen LogP contribution in [0.1, 0.15) is 26.2 Å². The lowest BCUT2D eigenvalue weighted by molar-refractivity contribution is -0.147. The van der Waals surface area contributed by atoms with E-state index < -0.39 is 11.4 Å². The highest BCUT2D eigenvalue weighted by Crippen LogP contribution is 2.31. The molecule has 0 aromatic rings. The molecular weight excluding hydrogens is 258 g/mol. The van der Waals surface area contributed by atoms with Gasteiger partial charge in [-0.15, -0.1) is 0 Å². The number of hydrogen-bond donors (Lipinski definition) is 1. The minimum absolute atomic E-state index is 0.0189. The maximum atomic E-state index is 12.4. The molecule has 6 nitrogen and oxygen atoms in total. The second-order valence-corrected chi connectivity index (χ2v) is 6.57. The maximum Gasteiger partial charge on any atom is 0.320 e. The number of amides is 2. The highest BCUT2D eigenvalue weighted by molar-refractivity contribution is 5.79. The van der Waals surface area contributed by atoms with Crippen molar-refractivity contribution in [2.45, 2.75) is 32.2 Å². The molecule has 0 radical (unpaired) electrons. The first-order chi connectivity index (χ1) is 9.49. The third kappa shape index (κ3) is 2.49. The summed E-state index contributed by atoms with van der Waals surface area (Å²) in [6.07, 6.45) is 3.16. The van der Waals surface area contributed by atoms with Crippen molar-refractivity contribution in [3.05, 3.63) is 0 Å². The summed E-state index contributed by atoms with van der Waals surface area (Å²) in [7, 11) is 0. The van der Waals surface area contributed by atoms with Crippen LogP contribution in [-0.4, -0.2) is 77.1 Å². The summed E-state index contributed by atoms with van der Waals surface area (Å²) in [5.41, 5.74) is -0.772. The SMILES string of the molecule is CC1(C(=O)O)CCN(C(=O)N2CCN(C3CC3)CC2)C1. The minimum atomic E-state index is -0.800. The average Bonchev–Trinajstić information content (AvgIpc) is 3.21. The van der Waals surface area contributed by atoms with Gasteiger partial charge in [0.2, 0.25) is 0 Å². The lowest BCUT2D eigenvalue weighted by atomic mass is 9.90. The van der Waals surface area contributed by atoms with Gasteiger partial charge in [-0.2, -0.15) is 0 Å². The van der Waals surface area contributed by atoms with Crippen molar-refractivity contribution in [3.8, 4) is 0 Å². The summed E-state index contributed by atoms with van der Waals surface area (Å²) in [6.45, 7) is 6.09. The number of carboxylic acid groups (broad SMARTS) is 1. The van der Waals surface area contributed by atoms with Gasteiger partial charge in [-0.1, -0.05) is 0 Å². The fourth-order valence-electron chi connectivity index (χ4n) is 3.22. The number of carbonyl (C=O) groups is 2. The predicted octanol–water partition coefficient (Wildman–Crippen LogP) is 0.683. The Labute approximate surface area is 119 Å². The second kappa shape index (κ2) is 4.91. The van der Waals surface area contributed by atoms with Crippen molar-refractivity contribution in [2.75, 3.05) is 39.3 Å². The first-order valence-corrected chi connectivity index (χ1v) is 7.51. The Kier molecular flexibility index (Phi) is 3.36. The number of rotatable bonds is 2. The Bertz CT molecular complexity index is 416. The van der Waals surface area contributed by atoms with Crippen LogP contribution < -0.4 is 0 Å². The van der Waals surface area contributed by atoms with E-state index in [1.54, 1.807) is 11.8 Å². The van der Waals surface area contributed by atoms with Gasteiger partial charge >= 0.3 is 12.0 Å². The molecule has 6 heteroatoms. The molecule has 112 valence electrons. The number of aliphatic carboxylic acids is 1. The second-order valence-electron chi connectivity index (χ2n) is 6.57. The molecule has 3 rings (SSSR count).